The third-order valence-corrected chi connectivity index (χ3v) is 5.24. The zero-order chi connectivity index (χ0) is 16.4. The molecule has 1 unspecified atom stereocenters. The molecule has 0 bridgehead atoms. The van der Waals surface area contributed by atoms with Gasteiger partial charge in [-0.05, 0) is 25.7 Å². The van der Waals surface area contributed by atoms with Crippen molar-refractivity contribution >= 4 is 5.91 Å². The molecule has 1 amide bonds. The van der Waals surface area contributed by atoms with Gasteiger partial charge in [-0.2, -0.15) is 0 Å². The number of hydrogen-bond donors (Lipinski definition) is 1. The second-order valence-corrected chi connectivity index (χ2v) is 6.79. The van der Waals surface area contributed by atoms with Crippen molar-refractivity contribution in [1.29, 1.82) is 0 Å². The van der Waals surface area contributed by atoms with E-state index in [2.05, 4.69) is 19.9 Å². The standard InChI is InChI=1S/C18H23N5O/c24-18(13-5-2-1-3-6-13)23-10-4-7-16(23)14-11-22-15(12-21-14)17-19-8-9-20-17/h8-9,11-13,16H,1-7,10H2,(H,19,20). The molecule has 2 aliphatic rings. The van der Waals surface area contributed by atoms with Gasteiger partial charge in [0.2, 0.25) is 5.91 Å². The van der Waals surface area contributed by atoms with Gasteiger partial charge in [0, 0.05) is 24.9 Å². The number of carbonyl (C=O) groups is 1. The number of carbonyl (C=O) groups excluding carboxylic acids is 1. The summed E-state index contributed by atoms with van der Waals surface area (Å²) in [6, 6.07) is 0.0811. The quantitative estimate of drug-likeness (QED) is 0.941. The first-order valence-corrected chi connectivity index (χ1v) is 8.95. The molecule has 2 aromatic rings. The average Bonchev–Trinajstić information content (AvgIpc) is 3.34. The van der Waals surface area contributed by atoms with Crippen LogP contribution in [0.15, 0.2) is 24.8 Å². The molecule has 1 atom stereocenters. The molecule has 0 radical (unpaired) electrons. The van der Waals surface area contributed by atoms with E-state index >= 15 is 0 Å². The van der Waals surface area contributed by atoms with Crippen LogP contribution in [0, 0.1) is 5.92 Å². The van der Waals surface area contributed by atoms with Crippen LogP contribution in [0.4, 0.5) is 0 Å². The van der Waals surface area contributed by atoms with Crippen molar-refractivity contribution in [3.8, 4) is 11.5 Å². The van der Waals surface area contributed by atoms with Gasteiger partial charge in [0.05, 0.1) is 24.1 Å². The van der Waals surface area contributed by atoms with E-state index in [1.54, 1.807) is 24.8 Å². The SMILES string of the molecule is O=C(C1CCCCC1)N1CCCC1c1cnc(-c2ncc[nH]2)cn1. The third kappa shape index (κ3) is 2.92. The Morgan fingerprint density at radius 3 is 2.62 bits per heavy atom. The zero-order valence-electron chi connectivity index (χ0n) is 13.8. The smallest absolute Gasteiger partial charge is 0.226 e. The third-order valence-electron chi connectivity index (χ3n) is 5.24. The molecular formula is C18H23N5O. The Labute approximate surface area is 141 Å². The number of rotatable bonds is 3. The summed E-state index contributed by atoms with van der Waals surface area (Å²) >= 11 is 0. The van der Waals surface area contributed by atoms with Crippen LogP contribution in [0.1, 0.15) is 56.7 Å². The summed E-state index contributed by atoms with van der Waals surface area (Å²) < 4.78 is 0. The first kappa shape index (κ1) is 15.3. The highest BCUT2D eigenvalue weighted by Crippen LogP contribution is 2.35. The summed E-state index contributed by atoms with van der Waals surface area (Å²) in [6.45, 7) is 0.849. The number of imidazole rings is 1. The van der Waals surface area contributed by atoms with Crippen molar-refractivity contribution in [3.63, 3.8) is 0 Å². The van der Waals surface area contributed by atoms with E-state index in [9.17, 15) is 4.79 Å². The number of H-pyrrole nitrogens is 1. The normalized spacial score (nSPS) is 22.0. The molecule has 6 heteroatoms. The molecule has 1 aliphatic carbocycles. The maximum absolute atomic E-state index is 12.9. The van der Waals surface area contributed by atoms with Crippen molar-refractivity contribution in [2.24, 2.45) is 5.92 Å². The number of nitrogens with zero attached hydrogens (tertiary/aromatic N) is 4. The van der Waals surface area contributed by atoms with E-state index in [0.29, 0.717) is 5.91 Å². The average molecular weight is 325 g/mol. The molecule has 1 saturated heterocycles. The van der Waals surface area contributed by atoms with E-state index < -0.39 is 0 Å². The number of likely N-dealkylation sites (tertiary alicyclic amines) is 1. The highest BCUT2D eigenvalue weighted by atomic mass is 16.2. The fourth-order valence-electron chi connectivity index (χ4n) is 3.96. The summed E-state index contributed by atoms with van der Waals surface area (Å²) in [5.41, 5.74) is 1.62. The van der Waals surface area contributed by atoms with Crippen LogP contribution in [0.3, 0.4) is 0 Å². The second kappa shape index (κ2) is 6.71. The molecule has 6 nitrogen and oxygen atoms in total. The molecule has 2 fully saturated rings. The van der Waals surface area contributed by atoms with Gasteiger partial charge in [0.1, 0.15) is 5.69 Å². The minimum Gasteiger partial charge on any atom is -0.343 e. The first-order chi connectivity index (χ1) is 11.8. The lowest BCUT2D eigenvalue weighted by Gasteiger charge is -2.30. The summed E-state index contributed by atoms with van der Waals surface area (Å²) in [6.07, 6.45) is 14.8. The number of nitrogens with one attached hydrogen (secondary N) is 1. The molecule has 2 aromatic heterocycles. The maximum atomic E-state index is 12.9. The van der Waals surface area contributed by atoms with Crippen LogP contribution in [0.25, 0.3) is 11.5 Å². The predicted molar refractivity (Wildman–Crippen MR) is 89.9 cm³/mol. The van der Waals surface area contributed by atoms with Crippen molar-refractivity contribution in [1.82, 2.24) is 24.8 Å². The molecular weight excluding hydrogens is 302 g/mol. The van der Waals surface area contributed by atoms with Crippen LogP contribution in [-0.2, 0) is 4.79 Å². The molecule has 4 rings (SSSR count). The molecule has 126 valence electrons. The number of amides is 1. The van der Waals surface area contributed by atoms with E-state index in [4.69, 9.17) is 0 Å². The lowest BCUT2D eigenvalue weighted by Crippen LogP contribution is -2.36. The Kier molecular flexibility index (Phi) is 4.28. The Hall–Kier alpha value is -2.24. The molecule has 1 aliphatic heterocycles. The lowest BCUT2D eigenvalue weighted by molar-refractivity contribution is -0.137. The van der Waals surface area contributed by atoms with Crippen LogP contribution in [0.2, 0.25) is 0 Å². The highest BCUT2D eigenvalue weighted by molar-refractivity contribution is 5.79. The van der Waals surface area contributed by atoms with Gasteiger partial charge < -0.3 is 9.88 Å². The van der Waals surface area contributed by atoms with Gasteiger partial charge in [-0.3, -0.25) is 9.78 Å². The monoisotopic (exact) mass is 325 g/mol. The fraction of sp³-hybridized carbons (Fsp3) is 0.556. The second-order valence-electron chi connectivity index (χ2n) is 6.79. The Morgan fingerprint density at radius 1 is 1.04 bits per heavy atom. The fourth-order valence-corrected chi connectivity index (χ4v) is 3.96. The topological polar surface area (TPSA) is 74.8 Å². The number of aromatic nitrogens is 4. The van der Waals surface area contributed by atoms with E-state index in [-0.39, 0.29) is 12.0 Å². The van der Waals surface area contributed by atoms with Gasteiger partial charge in [-0.25, -0.2) is 9.97 Å². The molecule has 24 heavy (non-hydrogen) atoms. The van der Waals surface area contributed by atoms with Crippen molar-refractivity contribution in [2.75, 3.05) is 6.54 Å². The molecule has 0 spiro atoms. The van der Waals surface area contributed by atoms with Crippen LogP contribution in [0.5, 0.6) is 0 Å². The lowest BCUT2D eigenvalue weighted by atomic mass is 9.88. The van der Waals surface area contributed by atoms with Gasteiger partial charge >= 0.3 is 0 Å². The molecule has 0 aromatic carbocycles. The number of aromatic amines is 1. The zero-order valence-corrected chi connectivity index (χ0v) is 13.8. The van der Waals surface area contributed by atoms with Crippen molar-refractivity contribution < 1.29 is 4.79 Å². The van der Waals surface area contributed by atoms with E-state index in [0.717, 1.165) is 49.4 Å². The minimum atomic E-state index is 0.0811. The Bertz CT molecular complexity index is 676. The molecule has 1 saturated carbocycles. The van der Waals surface area contributed by atoms with Gasteiger partial charge in [0.15, 0.2) is 5.82 Å². The van der Waals surface area contributed by atoms with Crippen molar-refractivity contribution in [2.45, 2.75) is 51.0 Å². The summed E-state index contributed by atoms with van der Waals surface area (Å²) in [5, 5.41) is 0. The first-order valence-electron chi connectivity index (χ1n) is 8.95. The highest BCUT2D eigenvalue weighted by Gasteiger charge is 2.35. The minimum absolute atomic E-state index is 0.0811. The summed E-state index contributed by atoms with van der Waals surface area (Å²) in [7, 11) is 0. The van der Waals surface area contributed by atoms with E-state index in [1.807, 2.05) is 4.90 Å². The van der Waals surface area contributed by atoms with Crippen LogP contribution >= 0.6 is 0 Å². The van der Waals surface area contributed by atoms with Gasteiger partial charge in [-0.1, -0.05) is 19.3 Å². The maximum Gasteiger partial charge on any atom is 0.226 e. The Morgan fingerprint density at radius 2 is 1.92 bits per heavy atom. The van der Waals surface area contributed by atoms with E-state index in [1.165, 1.54) is 19.3 Å². The predicted octanol–water partition coefficient (Wildman–Crippen LogP) is 3.11. The summed E-state index contributed by atoms with van der Waals surface area (Å²) in [5.74, 6) is 1.26. The van der Waals surface area contributed by atoms with Crippen molar-refractivity contribution in [3.05, 3.63) is 30.5 Å². The largest absolute Gasteiger partial charge is 0.343 e. The Balaban J connectivity index is 1.51. The number of hydrogen-bond acceptors (Lipinski definition) is 4. The van der Waals surface area contributed by atoms with Gasteiger partial charge in [0.25, 0.3) is 0 Å². The van der Waals surface area contributed by atoms with Gasteiger partial charge in [-0.15, -0.1) is 0 Å². The van der Waals surface area contributed by atoms with Crippen LogP contribution < -0.4 is 0 Å². The van der Waals surface area contributed by atoms with Crippen LogP contribution in [-0.4, -0.2) is 37.3 Å². The molecule has 1 N–H and O–H groups in total. The molecule has 3 heterocycles. The summed E-state index contributed by atoms with van der Waals surface area (Å²) in [4.78, 5) is 31.2.